The minimum atomic E-state index is -4.20. The van der Waals surface area contributed by atoms with Gasteiger partial charge in [-0.2, -0.15) is 13.8 Å². The van der Waals surface area contributed by atoms with Crippen molar-refractivity contribution in [1.82, 2.24) is 9.97 Å². The molecule has 18 heavy (non-hydrogen) atoms. The maximum absolute atomic E-state index is 12.7. The van der Waals surface area contributed by atoms with E-state index in [0.717, 1.165) is 0 Å². The third kappa shape index (κ3) is 3.71. The number of rotatable bonds is 6. The molecule has 0 spiro atoms. The second-order valence-corrected chi connectivity index (χ2v) is 3.56. The molecule has 0 aliphatic carbocycles. The first-order valence-electron chi connectivity index (χ1n) is 5.23. The van der Waals surface area contributed by atoms with Crippen LogP contribution in [0.1, 0.15) is 12.5 Å². The van der Waals surface area contributed by atoms with E-state index in [4.69, 9.17) is 0 Å². The average Bonchev–Trinajstić information content (AvgIpc) is 2.30. The van der Waals surface area contributed by atoms with Crippen molar-refractivity contribution in [2.24, 2.45) is 0 Å². The van der Waals surface area contributed by atoms with E-state index in [1.54, 1.807) is 6.92 Å². The van der Waals surface area contributed by atoms with Crippen LogP contribution in [-0.2, 0) is 0 Å². The maximum Gasteiger partial charge on any atom is 0.340 e. The molecule has 0 aliphatic rings. The van der Waals surface area contributed by atoms with Crippen LogP contribution in [0.25, 0.3) is 0 Å². The van der Waals surface area contributed by atoms with Gasteiger partial charge in [-0.05, 0) is 13.8 Å². The highest BCUT2D eigenvalue weighted by atomic mass is 19.3. The summed E-state index contributed by atoms with van der Waals surface area (Å²) in [6.07, 6.45) is -2.41. The number of halogens is 4. The first-order valence-corrected chi connectivity index (χ1v) is 5.23. The summed E-state index contributed by atoms with van der Waals surface area (Å²) in [5.41, 5.74) is 0.390. The summed E-state index contributed by atoms with van der Waals surface area (Å²) in [4.78, 5) is 7.67. The van der Waals surface area contributed by atoms with Gasteiger partial charge in [0.1, 0.15) is 0 Å². The molecule has 0 fully saturated rings. The fraction of sp³-hybridized carbons (Fsp3) is 0.600. The monoisotopic (exact) mass is 267 g/mol. The Morgan fingerprint density at radius 2 is 2.11 bits per heavy atom. The number of nitrogens with zero attached hydrogens (tertiary/aromatic N) is 2. The summed E-state index contributed by atoms with van der Waals surface area (Å²) < 4.78 is 53.9. The standard InChI is InChI=1S/C10H13F4N3O/c1-3-15-9-16-4-6(2)7(17-9)18-5-10(13,14)8(11)12/h4,8H,3,5H2,1-2H3,(H,15,16,17). The zero-order chi connectivity index (χ0) is 13.8. The molecule has 0 aromatic carbocycles. The molecule has 4 nitrogen and oxygen atoms in total. The largest absolute Gasteiger partial charge is 0.471 e. The highest BCUT2D eigenvalue weighted by Gasteiger charge is 2.42. The molecule has 0 aliphatic heterocycles. The molecule has 0 bridgehead atoms. The van der Waals surface area contributed by atoms with Gasteiger partial charge in [0.2, 0.25) is 11.8 Å². The highest BCUT2D eigenvalue weighted by molar-refractivity contribution is 5.32. The van der Waals surface area contributed by atoms with Crippen molar-refractivity contribution >= 4 is 5.95 Å². The number of aromatic nitrogens is 2. The Bertz CT molecular complexity index is 401. The van der Waals surface area contributed by atoms with Crippen LogP contribution in [0.15, 0.2) is 6.20 Å². The van der Waals surface area contributed by atoms with Crippen molar-refractivity contribution in [2.45, 2.75) is 26.2 Å². The van der Waals surface area contributed by atoms with E-state index in [2.05, 4.69) is 20.0 Å². The predicted octanol–water partition coefficient (Wildman–Crippen LogP) is 2.50. The zero-order valence-electron chi connectivity index (χ0n) is 9.88. The van der Waals surface area contributed by atoms with Crippen LogP contribution in [0.4, 0.5) is 23.5 Å². The minimum Gasteiger partial charge on any atom is -0.471 e. The summed E-state index contributed by atoms with van der Waals surface area (Å²) in [6.45, 7) is 2.45. The van der Waals surface area contributed by atoms with E-state index < -0.39 is 19.0 Å². The molecule has 0 amide bonds. The van der Waals surface area contributed by atoms with Gasteiger partial charge in [-0.15, -0.1) is 0 Å². The van der Waals surface area contributed by atoms with Gasteiger partial charge in [-0.25, -0.2) is 13.8 Å². The second-order valence-electron chi connectivity index (χ2n) is 3.56. The van der Waals surface area contributed by atoms with Crippen molar-refractivity contribution < 1.29 is 22.3 Å². The number of hydrogen-bond acceptors (Lipinski definition) is 4. The molecule has 8 heteroatoms. The third-order valence-electron chi connectivity index (χ3n) is 1.98. The van der Waals surface area contributed by atoms with E-state index in [1.165, 1.54) is 13.1 Å². The molecule has 1 N–H and O–H groups in total. The van der Waals surface area contributed by atoms with Crippen LogP contribution >= 0.6 is 0 Å². The van der Waals surface area contributed by atoms with Gasteiger partial charge < -0.3 is 10.1 Å². The maximum atomic E-state index is 12.7. The van der Waals surface area contributed by atoms with E-state index in [9.17, 15) is 17.6 Å². The molecule has 0 radical (unpaired) electrons. The van der Waals surface area contributed by atoms with E-state index >= 15 is 0 Å². The van der Waals surface area contributed by atoms with Gasteiger partial charge >= 0.3 is 12.3 Å². The molecule has 0 saturated heterocycles. The van der Waals surface area contributed by atoms with Crippen molar-refractivity contribution in [3.63, 3.8) is 0 Å². The first kappa shape index (κ1) is 14.5. The van der Waals surface area contributed by atoms with Crippen LogP contribution in [0.2, 0.25) is 0 Å². The number of alkyl halides is 4. The van der Waals surface area contributed by atoms with Gasteiger partial charge in [-0.1, -0.05) is 0 Å². The van der Waals surface area contributed by atoms with Gasteiger partial charge in [0, 0.05) is 18.3 Å². The number of hydrogen-bond donors (Lipinski definition) is 1. The molecule has 1 aromatic rings. The fourth-order valence-corrected chi connectivity index (χ4v) is 1.04. The Kier molecular flexibility index (Phi) is 4.69. The molecule has 1 rings (SSSR count). The molecule has 1 heterocycles. The van der Waals surface area contributed by atoms with Crippen molar-refractivity contribution in [3.8, 4) is 5.88 Å². The summed E-state index contributed by atoms with van der Waals surface area (Å²) in [6, 6.07) is 0. The lowest BCUT2D eigenvalue weighted by Gasteiger charge is -2.16. The van der Waals surface area contributed by atoms with E-state index in [1.807, 2.05) is 0 Å². The van der Waals surface area contributed by atoms with Gasteiger partial charge in [-0.3, -0.25) is 0 Å². The summed E-state index contributed by atoms with van der Waals surface area (Å²) >= 11 is 0. The minimum absolute atomic E-state index is 0.138. The number of anilines is 1. The van der Waals surface area contributed by atoms with Gasteiger partial charge in [0.15, 0.2) is 6.61 Å². The van der Waals surface area contributed by atoms with Crippen LogP contribution in [0, 0.1) is 6.92 Å². The summed E-state index contributed by atoms with van der Waals surface area (Å²) in [5, 5.41) is 2.76. The zero-order valence-corrected chi connectivity index (χ0v) is 9.88. The van der Waals surface area contributed by atoms with Crippen LogP contribution in [0.5, 0.6) is 5.88 Å². The topological polar surface area (TPSA) is 47.0 Å². The van der Waals surface area contributed by atoms with Crippen molar-refractivity contribution in [1.29, 1.82) is 0 Å². The molecular formula is C10H13F4N3O. The third-order valence-corrected chi connectivity index (χ3v) is 1.98. The number of ether oxygens (including phenoxy) is 1. The van der Waals surface area contributed by atoms with Gasteiger partial charge in [0.25, 0.3) is 0 Å². The Hall–Kier alpha value is -1.60. The lowest BCUT2D eigenvalue weighted by Crippen LogP contribution is -2.34. The highest BCUT2D eigenvalue weighted by Crippen LogP contribution is 2.25. The molecule has 0 unspecified atom stereocenters. The average molecular weight is 267 g/mol. The Morgan fingerprint density at radius 3 is 2.67 bits per heavy atom. The first-order chi connectivity index (χ1) is 8.36. The van der Waals surface area contributed by atoms with Crippen LogP contribution < -0.4 is 10.1 Å². The van der Waals surface area contributed by atoms with E-state index in [0.29, 0.717) is 12.1 Å². The smallest absolute Gasteiger partial charge is 0.340 e. The number of nitrogens with one attached hydrogen (secondary N) is 1. The molecule has 1 aromatic heterocycles. The molecular weight excluding hydrogens is 254 g/mol. The summed E-state index contributed by atoms with van der Waals surface area (Å²) in [5.74, 6) is -4.14. The fourth-order valence-electron chi connectivity index (χ4n) is 1.04. The number of aryl methyl sites for hydroxylation is 1. The molecule has 0 saturated carbocycles. The lowest BCUT2D eigenvalue weighted by atomic mass is 10.3. The van der Waals surface area contributed by atoms with E-state index in [-0.39, 0.29) is 11.8 Å². The van der Waals surface area contributed by atoms with Gasteiger partial charge in [0.05, 0.1) is 0 Å². The predicted molar refractivity (Wildman–Crippen MR) is 57.4 cm³/mol. The molecule has 102 valence electrons. The molecule has 0 atom stereocenters. The van der Waals surface area contributed by atoms with Crippen molar-refractivity contribution in [3.05, 3.63) is 11.8 Å². The second kappa shape index (κ2) is 5.83. The normalized spacial score (nSPS) is 11.7. The summed E-state index contributed by atoms with van der Waals surface area (Å²) in [7, 11) is 0. The van der Waals surface area contributed by atoms with Crippen LogP contribution in [-0.4, -0.2) is 35.5 Å². The SMILES string of the molecule is CCNc1ncc(C)c(OCC(F)(F)C(F)F)n1. The Balaban J connectivity index is 2.75. The Labute approximate surface area is 101 Å². The van der Waals surface area contributed by atoms with Crippen molar-refractivity contribution in [2.75, 3.05) is 18.5 Å². The Morgan fingerprint density at radius 1 is 1.44 bits per heavy atom. The van der Waals surface area contributed by atoms with Crippen LogP contribution in [0.3, 0.4) is 0 Å². The lowest BCUT2D eigenvalue weighted by molar-refractivity contribution is -0.148. The quantitative estimate of drug-likeness (QED) is 0.804.